The van der Waals surface area contributed by atoms with Gasteiger partial charge in [-0.25, -0.2) is 14.5 Å². The molecule has 0 fully saturated rings. The van der Waals surface area contributed by atoms with E-state index in [0.717, 1.165) is 0 Å². The van der Waals surface area contributed by atoms with E-state index in [1.54, 1.807) is 6.07 Å². The third-order valence-electron chi connectivity index (χ3n) is 2.35. The Kier molecular flexibility index (Phi) is 3.58. The monoisotopic (exact) mass is 224 g/mol. The summed E-state index contributed by atoms with van der Waals surface area (Å²) in [6.07, 6.45) is 1.48. The molecule has 0 aliphatic rings. The molecule has 1 heterocycles. The van der Waals surface area contributed by atoms with Crippen molar-refractivity contribution < 1.29 is 14.6 Å². The van der Waals surface area contributed by atoms with Gasteiger partial charge in [0.25, 0.3) is 5.82 Å². The van der Waals surface area contributed by atoms with Crippen molar-refractivity contribution in [3.63, 3.8) is 0 Å². The SMILES string of the molecule is COCCC(C)(C(=O)O)n1cnc(C#N)n1. The van der Waals surface area contributed by atoms with Crippen LogP contribution in [0, 0.1) is 11.3 Å². The van der Waals surface area contributed by atoms with Crippen LogP contribution in [0.4, 0.5) is 0 Å². The van der Waals surface area contributed by atoms with Crippen LogP contribution in [0.25, 0.3) is 0 Å². The standard InChI is InChI=1S/C9H12N4O3/c1-9(8(14)15,3-4-16-2)13-6-11-7(5-10)12-13/h6H,3-4H2,1-2H3,(H,14,15). The van der Waals surface area contributed by atoms with Crippen LogP contribution in [0.5, 0.6) is 0 Å². The molecule has 0 saturated heterocycles. The second-order valence-corrected chi connectivity index (χ2v) is 3.45. The summed E-state index contributed by atoms with van der Waals surface area (Å²) in [6.45, 7) is 1.79. The topological polar surface area (TPSA) is 101 Å². The maximum atomic E-state index is 11.2. The first-order valence-electron chi connectivity index (χ1n) is 4.59. The van der Waals surface area contributed by atoms with Gasteiger partial charge in [0.1, 0.15) is 12.4 Å². The van der Waals surface area contributed by atoms with Crippen molar-refractivity contribution in [1.29, 1.82) is 5.26 Å². The first-order valence-corrected chi connectivity index (χ1v) is 4.59. The van der Waals surface area contributed by atoms with E-state index < -0.39 is 11.5 Å². The van der Waals surface area contributed by atoms with Crippen LogP contribution in [-0.4, -0.2) is 39.6 Å². The molecule has 1 aromatic rings. The molecule has 0 bridgehead atoms. The minimum Gasteiger partial charge on any atom is -0.479 e. The highest BCUT2D eigenvalue weighted by atomic mass is 16.5. The molecule has 0 saturated carbocycles. The van der Waals surface area contributed by atoms with Crippen LogP contribution in [-0.2, 0) is 15.1 Å². The molecular formula is C9H12N4O3. The summed E-state index contributed by atoms with van der Waals surface area (Å²) in [5.41, 5.74) is -1.25. The molecule has 0 radical (unpaired) electrons. The second-order valence-electron chi connectivity index (χ2n) is 3.45. The number of methoxy groups -OCH3 is 1. The lowest BCUT2D eigenvalue weighted by Crippen LogP contribution is -2.40. The fourth-order valence-corrected chi connectivity index (χ4v) is 1.17. The number of ether oxygens (including phenoxy) is 1. The van der Waals surface area contributed by atoms with Crippen molar-refractivity contribution in [1.82, 2.24) is 14.8 Å². The zero-order valence-corrected chi connectivity index (χ0v) is 9.04. The van der Waals surface area contributed by atoms with Crippen molar-refractivity contribution in [2.24, 2.45) is 0 Å². The molecule has 1 aromatic heterocycles. The van der Waals surface area contributed by atoms with Crippen LogP contribution < -0.4 is 0 Å². The number of hydrogen-bond acceptors (Lipinski definition) is 5. The highest BCUT2D eigenvalue weighted by Crippen LogP contribution is 2.19. The van der Waals surface area contributed by atoms with Gasteiger partial charge in [0, 0.05) is 20.1 Å². The number of nitriles is 1. The van der Waals surface area contributed by atoms with Crippen LogP contribution >= 0.6 is 0 Å². The first-order chi connectivity index (χ1) is 7.54. The van der Waals surface area contributed by atoms with Gasteiger partial charge < -0.3 is 9.84 Å². The molecule has 0 aliphatic heterocycles. The van der Waals surface area contributed by atoms with Gasteiger partial charge in [0.15, 0.2) is 5.54 Å². The normalized spacial score (nSPS) is 14.1. The number of aromatic nitrogens is 3. The van der Waals surface area contributed by atoms with Crippen molar-refractivity contribution >= 4 is 5.97 Å². The van der Waals surface area contributed by atoms with E-state index in [4.69, 9.17) is 15.1 Å². The van der Waals surface area contributed by atoms with E-state index in [-0.39, 0.29) is 18.9 Å². The number of carbonyl (C=O) groups is 1. The number of nitrogens with zero attached hydrogens (tertiary/aromatic N) is 4. The Labute approximate surface area is 92.3 Å². The summed E-state index contributed by atoms with van der Waals surface area (Å²) in [4.78, 5) is 14.9. The van der Waals surface area contributed by atoms with Crippen molar-refractivity contribution in [2.75, 3.05) is 13.7 Å². The summed E-state index contributed by atoms with van der Waals surface area (Å²) >= 11 is 0. The Balaban J connectivity index is 3.02. The molecular weight excluding hydrogens is 212 g/mol. The molecule has 1 atom stereocenters. The van der Waals surface area contributed by atoms with Crippen molar-refractivity contribution in [3.8, 4) is 6.07 Å². The van der Waals surface area contributed by atoms with Gasteiger partial charge in [-0.1, -0.05) is 0 Å². The molecule has 1 N–H and O–H groups in total. The Morgan fingerprint density at radius 1 is 1.81 bits per heavy atom. The maximum absolute atomic E-state index is 11.2. The van der Waals surface area contributed by atoms with E-state index in [1.165, 1.54) is 25.0 Å². The molecule has 0 amide bonds. The van der Waals surface area contributed by atoms with Crippen LogP contribution in [0.2, 0.25) is 0 Å². The number of carboxylic acid groups (broad SMARTS) is 1. The molecule has 7 nitrogen and oxygen atoms in total. The number of hydrogen-bond donors (Lipinski definition) is 1. The van der Waals surface area contributed by atoms with Gasteiger partial charge in [-0.3, -0.25) is 0 Å². The summed E-state index contributed by atoms with van der Waals surface area (Å²) in [5, 5.41) is 21.5. The molecule has 86 valence electrons. The van der Waals surface area contributed by atoms with E-state index >= 15 is 0 Å². The van der Waals surface area contributed by atoms with Gasteiger partial charge in [-0.15, -0.1) is 5.10 Å². The molecule has 0 aliphatic carbocycles. The third-order valence-corrected chi connectivity index (χ3v) is 2.35. The molecule has 16 heavy (non-hydrogen) atoms. The summed E-state index contributed by atoms with van der Waals surface area (Å²) in [5.74, 6) is -1.09. The zero-order chi connectivity index (χ0) is 12.2. The molecule has 0 spiro atoms. The zero-order valence-electron chi connectivity index (χ0n) is 9.04. The quantitative estimate of drug-likeness (QED) is 0.754. The van der Waals surface area contributed by atoms with E-state index in [0.29, 0.717) is 0 Å². The lowest BCUT2D eigenvalue weighted by Gasteiger charge is -2.24. The average Bonchev–Trinajstić information content (AvgIpc) is 2.74. The highest BCUT2D eigenvalue weighted by molar-refractivity contribution is 5.76. The largest absolute Gasteiger partial charge is 0.479 e. The van der Waals surface area contributed by atoms with Gasteiger partial charge >= 0.3 is 5.97 Å². The van der Waals surface area contributed by atoms with Crippen LogP contribution in [0.15, 0.2) is 6.33 Å². The van der Waals surface area contributed by atoms with Gasteiger partial charge in [-0.05, 0) is 6.92 Å². The lowest BCUT2D eigenvalue weighted by atomic mass is 9.99. The van der Waals surface area contributed by atoms with Gasteiger partial charge in [-0.2, -0.15) is 5.26 Å². The Bertz CT molecular complexity index is 423. The number of carboxylic acids is 1. The van der Waals surface area contributed by atoms with Gasteiger partial charge in [0.2, 0.25) is 0 Å². The minimum atomic E-state index is -1.25. The van der Waals surface area contributed by atoms with E-state index in [2.05, 4.69) is 10.1 Å². The third kappa shape index (κ3) is 2.17. The summed E-state index contributed by atoms with van der Waals surface area (Å²) in [7, 11) is 1.49. The van der Waals surface area contributed by atoms with Crippen LogP contribution in [0.3, 0.4) is 0 Å². The number of aliphatic carboxylic acids is 1. The van der Waals surface area contributed by atoms with Crippen LogP contribution in [0.1, 0.15) is 19.2 Å². The smallest absolute Gasteiger partial charge is 0.331 e. The Hall–Kier alpha value is -1.94. The number of rotatable bonds is 5. The predicted octanol–water partition coefficient (Wildman–Crippen LogP) is -0.0139. The maximum Gasteiger partial charge on any atom is 0.331 e. The van der Waals surface area contributed by atoms with Crippen molar-refractivity contribution in [3.05, 3.63) is 12.2 Å². The first kappa shape index (κ1) is 12.1. The fraction of sp³-hybridized carbons (Fsp3) is 0.556. The average molecular weight is 224 g/mol. The lowest BCUT2D eigenvalue weighted by molar-refractivity contribution is -0.148. The highest BCUT2D eigenvalue weighted by Gasteiger charge is 2.36. The van der Waals surface area contributed by atoms with E-state index in [9.17, 15) is 4.79 Å². The molecule has 1 rings (SSSR count). The second kappa shape index (κ2) is 4.72. The Morgan fingerprint density at radius 3 is 2.94 bits per heavy atom. The summed E-state index contributed by atoms with van der Waals surface area (Å²) in [6, 6.07) is 1.75. The van der Waals surface area contributed by atoms with Crippen molar-refractivity contribution in [2.45, 2.75) is 18.9 Å². The molecule has 1 unspecified atom stereocenters. The summed E-state index contributed by atoms with van der Waals surface area (Å²) < 4.78 is 6.03. The van der Waals surface area contributed by atoms with Gasteiger partial charge in [0.05, 0.1) is 0 Å². The predicted molar refractivity (Wildman–Crippen MR) is 52.5 cm³/mol. The molecule has 0 aromatic carbocycles. The van der Waals surface area contributed by atoms with E-state index in [1.807, 2.05) is 0 Å². The molecule has 7 heteroatoms. The minimum absolute atomic E-state index is 0.0510. The Morgan fingerprint density at radius 2 is 2.50 bits per heavy atom. The fourth-order valence-electron chi connectivity index (χ4n) is 1.17.